The number of hydrogen-bond acceptors (Lipinski definition) is 2. The highest BCUT2D eigenvalue weighted by molar-refractivity contribution is 6.30. The zero-order chi connectivity index (χ0) is 12.1. The van der Waals surface area contributed by atoms with Crippen molar-refractivity contribution in [3.05, 3.63) is 28.8 Å². The number of anilines is 1. The summed E-state index contributed by atoms with van der Waals surface area (Å²) in [6, 6.07) is 4.98. The summed E-state index contributed by atoms with van der Waals surface area (Å²) in [5.41, 5.74) is 1.34. The number of carbonyl (C=O) groups excluding carboxylic acids is 1. The smallest absolute Gasteiger partial charge is 0.303 e. The van der Waals surface area contributed by atoms with Crippen LogP contribution in [0.1, 0.15) is 18.9 Å². The van der Waals surface area contributed by atoms with Crippen LogP contribution in [0.25, 0.3) is 0 Å². The molecule has 0 aliphatic rings. The Morgan fingerprint density at radius 1 is 1.44 bits per heavy atom. The van der Waals surface area contributed by atoms with Gasteiger partial charge < -0.3 is 10.4 Å². The molecule has 4 nitrogen and oxygen atoms in total. The van der Waals surface area contributed by atoms with Crippen LogP contribution in [0, 0.1) is 0 Å². The van der Waals surface area contributed by atoms with Gasteiger partial charge in [0.25, 0.3) is 0 Å². The van der Waals surface area contributed by atoms with E-state index in [0.717, 1.165) is 5.56 Å². The summed E-state index contributed by atoms with van der Waals surface area (Å²) in [4.78, 5) is 21.4. The number of carboxylic acid groups (broad SMARTS) is 1. The van der Waals surface area contributed by atoms with Gasteiger partial charge in [0, 0.05) is 24.1 Å². The van der Waals surface area contributed by atoms with E-state index in [2.05, 4.69) is 5.32 Å². The van der Waals surface area contributed by atoms with E-state index in [-0.39, 0.29) is 12.3 Å². The number of rotatable bonds is 4. The molecule has 0 aliphatic heterocycles. The van der Waals surface area contributed by atoms with Crippen LogP contribution >= 0.6 is 11.6 Å². The van der Waals surface area contributed by atoms with Crippen LogP contribution in [0.3, 0.4) is 0 Å². The van der Waals surface area contributed by atoms with E-state index in [1.54, 1.807) is 18.2 Å². The van der Waals surface area contributed by atoms with Crippen molar-refractivity contribution in [1.82, 2.24) is 0 Å². The van der Waals surface area contributed by atoms with Crippen molar-refractivity contribution in [2.75, 3.05) is 5.32 Å². The van der Waals surface area contributed by atoms with Gasteiger partial charge in [-0.15, -0.1) is 0 Å². The average Bonchev–Trinajstić information content (AvgIpc) is 2.17. The third-order valence-electron chi connectivity index (χ3n) is 1.99. The molecule has 0 unspecified atom stereocenters. The van der Waals surface area contributed by atoms with Crippen LogP contribution in [0.2, 0.25) is 5.02 Å². The van der Waals surface area contributed by atoms with Gasteiger partial charge in [-0.3, -0.25) is 9.59 Å². The molecule has 2 N–H and O–H groups in total. The lowest BCUT2D eigenvalue weighted by Gasteiger charge is -2.09. The predicted octanol–water partition coefficient (Wildman–Crippen LogP) is 2.32. The lowest BCUT2D eigenvalue weighted by molar-refractivity contribution is -0.136. The normalized spacial score (nSPS) is 9.88. The molecule has 0 saturated carbocycles. The highest BCUT2D eigenvalue weighted by atomic mass is 35.5. The van der Waals surface area contributed by atoms with Gasteiger partial charge in [0.2, 0.25) is 5.91 Å². The minimum Gasteiger partial charge on any atom is -0.481 e. The Hall–Kier alpha value is -1.55. The third-order valence-corrected chi connectivity index (χ3v) is 2.22. The molecule has 0 aliphatic carbocycles. The molecule has 0 radical (unpaired) electrons. The SMILES string of the molecule is CC(=O)Nc1ccc(Cl)cc1CCC(=O)O. The van der Waals surface area contributed by atoms with Crippen molar-refractivity contribution in [3.63, 3.8) is 0 Å². The van der Waals surface area contributed by atoms with E-state index >= 15 is 0 Å². The Bertz CT molecular complexity index is 418. The highest BCUT2D eigenvalue weighted by Crippen LogP contribution is 2.22. The lowest BCUT2D eigenvalue weighted by atomic mass is 10.1. The van der Waals surface area contributed by atoms with Crippen LogP contribution in [-0.2, 0) is 16.0 Å². The number of carboxylic acids is 1. The van der Waals surface area contributed by atoms with Crippen LogP contribution in [0.5, 0.6) is 0 Å². The molecule has 0 saturated heterocycles. The summed E-state index contributed by atoms with van der Waals surface area (Å²) in [5, 5.41) is 11.8. The highest BCUT2D eigenvalue weighted by Gasteiger charge is 2.07. The standard InChI is InChI=1S/C11H12ClNO3/c1-7(14)13-10-4-3-9(12)6-8(10)2-5-11(15)16/h3-4,6H,2,5H2,1H3,(H,13,14)(H,15,16). The van der Waals surface area contributed by atoms with Gasteiger partial charge in [0.1, 0.15) is 0 Å². The molecule has 1 rings (SSSR count). The maximum Gasteiger partial charge on any atom is 0.303 e. The first-order chi connectivity index (χ1) is 7.49. The summed E-state index contributed by atoms with van der Waals surface area (Å²) in [7, 11) is 0. The van der Waals surface area contributed by atoms with Crippen molar-refractivity contribution in [2.24, 2.45) is 0 Å². The van der Waals surface area contributed by atoms with E-state index in [4.69, 9.17) is 16.7 Å². The summed E-state index contributed by atoms with van der Waals surface area (Å²) in [6.45, 7) is 1.40. The average molecular weight is 242 g/mol. The number of carbonyl (C=O) groups is 2. The maximum atomic E-state index is 10.9. The van der Waals surface area contributed by atoms with Gasteiger partial charge in [-0.05, 0) is 30.2 Å². The quantitative estimate of drug-likeness (QED) is 0.850. The largest absolute Gasteiger partial charge is 0.481 e. The third kappa shape index (κ3) is 3.90. The van der Waals surface area contributed by atoms with E-state index in [1.165, 1.54) is 6.92 Å². The summed E-state index contributed by atoms with van der Waals surface area (Å²) in [5.74, 6) is -1.08. The lowest BCUT2D eigenvalue weighted by Crippen LogP contribution is -2.09. The van der Waals surface area contributed by atoms with Crippen molar-refractivity contribution in [2.45, 2.75) is 19.8 Å². The van der Waals surface area contributed by atoms with Crippen molar-refractivity contribution in [3.8, 4) is 0 Å². The van der Waals surface area contributed by atoms with Gasteiger partial charge in [0.15, 0.2) is 0 Å². The number of hydrogen-bond donors (Lipinski definition) is 2. The van der Waals surface area contributed by atoms with Gasteiger partial charge >= 0.3 is 5.97 Å². The van der Waals surface area contributed by atoms with Crippen LogP contribution in [-0.4, -0.2) is 17.0 Å². The molecule has 0 bridgehead atoms. The molecule has 16 heavy (non-hydrogen) atoms. The summed E-state index contributed by atoms with van der Waals surface area (Å²) in [6.07, 6.45) is 0.346. The molecular weight excluding hydrogens is 230 g/mol. The molecule has 0 heterocycles. The Kier molecular flexibility index (Phi) is 4.31. The molecule has 1 amide bonds. The van der Waals surface area contributed by atoms with Crippen molar-refractivity contribution in [1.29, 1.82) is 0 Å². The first-order valence-corrected chi connectivity index (χ1v) is 5.14. The van der Waals surface area contributed by atoms with Gasteiger partial charge in [-0.1, -0.05) is 11.6 Å². The van der Waals surface area contributed by atoms with Gasteiger partial charge in [-0.2, -0.15) is 0 Å². The zero-order valence-electron chi connectivity index (χ0n) is 8.79. The van der Waals surface area contributed by atoms with Crippen LogP contribution in [0.15, 0.2) is 18.2 Å². The fraction of sp³-hybridized carbons (Fsp3) is 0.273. The van der Waals surface area contributed by atoms with E-state index < -0.39 is 5.97 Å². The number of aryl methyl sites for hydroxylation is 1. The Morgan fingerprint density at radius 2 is 2.12 bits per heavy atom. The first-order valence-electron chi connectivity index (χ1n) is 4.77. The van der Waals surface area contributed by atoms with Crippen LogP contribution in [0.4, 0.5) is 5.69 Å². The van der Waals surface area contributed by atoms with Gasteiger partial charge in [0.05, 0.1) is 0 Å². The van der Waals surface area contributed by atoms with E-state index in [0.29, 0.717) is 17.1 Å². The fourth-order valence-corrected chi connectivity index (χ4v) is 1.52. The Balaban J connectivity index is 2.89. The molecule has 1 aromatic carbocycles. The second kappa shape index (κ2) is 5.51. The number of nitrogens with one attached hydrogen (secondary N) is 1. The summed E-state index contributed by atoms with van der Waals surface area (Å²) < 4.78 is 0. The van der Waals surface area contributed by atoms with Crippen molar-refractivity contribution < 1.29 is 14.7 Å². The van der Waals surface area contributed by atoms with E-state index in [9.17, 15) is 9.59 Å². The zero-order valence-corrected chi connectivity index (χ0v) is 9.54. The minimum absolute atomic E-state index is 0.00687. The molecule has 0 atom stereocenters. The number of benzene rings is 1. The second-order valence-electron chi connectivity index (χ2n) is 3.38. The minimum atomic E-state index is -0.881. The molecule has 86 valence electrons. The molecule has 1 aromatic rings. The molecule has 5 heteroatoms. The Morgan fingerprint density at radius 3 is 2.69 bits per heavy atom. The predicted molar refractivity (Wildman–Crippen MR) is 61.7 cm³/mol. The first kappa shape index (κ1) is 12.5. The molecular formula is C11H12ClNO3. The van der Waals surface area contributed by atoms with Crippen molar-refractivity contribution >= 4 is 29.2 Å². The fourth-order valence-electron chi connectivity index (χ4n) is 1.32. The second-order valence-corrected chi connectivity index (χ2v) is 3.81. The summed E-state index contributed by atoms with van der Waals surface area (Å²) >= 11 is 5.81. The molecule has 0 fully saturated rings. The number of aliphatic carboxylic acids is 1. The molecule has 0 aromatic heterocycles. The topological polar surface area (TPSA) is 66.4 Å². The maximum absolute atomic E-state index is 10.9. The van der Waals surface area contributed by atoms with E-state index in [1.807, 2.05) is 0 Å². The molecule has 0 spiro atoms. The van der Waals surface area contributed by atoms with Gasteiger partial charge in [-0.25, -0.2) is 0 Å². The number of amides is 1. The number of halogens is 1. The Labute approximate surface area is 98.2 Å². The monoisotopic (exact) mass is 241 g/mol. The van der Waals surface area contributed by atoms with Crippen LogP contribution < -0.4 is 5.32 Å².